The van der Waals surface area contributed by atoms with E-state index in [-0.39, 0.29) is 19.8 Å². The lowest BCUT2D eigenvalue weighted by Gasteiger charge is -2.07. The van der Waals surface area contributed by atoms with E-state index in [9.17, 15) is 9.18 Å². The van der Waals surface area contributed by atoms with Crippen molar-refractivity contribution >= 4 is 45.8 Å². The molecule has 0 aliphatic heterocycles. The van der Waals surface area contributed by atoms with Gasteiger partial charge in [-0.2, -0.15) is 0 Å². The highest BCUT2D eigenvalue weighted by atomic mass is 127. The van der Waals surface area contributed by atoms with Crippen LogP contribution in [-0.4, -0.2) is 13.1 Å². The van der Waals surface area contributed by atoms with Gasteiger partial charge in [-0.3, -0.25) is 0 Å². The van der Waals surface area contributed by atoms with Gasteiger partial charge in [-0.15, -0.1) is 0 Å². The molecule has 0 spiro atoms. The summed E-state index contributed by atoms with van der Waals surface area (Å²) in [4.78, 5) is 11.1. The van der Waals surface area contributed by atoms with E-state index in [0.717, 1.165) is 0 Å². The Hall–Kier alpha value is -0.560. The molecule has 14 heavy (non-hydrogen) atoms. The van der Waals surface area contributed by atoms with Crippen molar-refractivity contribution in [2.45, 2.75) is 0 Å². The van der Waals surface area contributed by atoms with Gasteiger partial charge in [0.1, 0.15) is 0 Å². The largest absolute Gasteiger partial charge is 0.465 e. The number of rotatable bonds is 1. The Morgan fingerprint density at radius 2 is 2.29 bits per heavy atom. The predicted molar refractivity (Wildman–Crippen MR) is 59.9 cm³/mol. The smallest absolute Gasteiger partial charge is 0.340 e. The van der Waals surface area contributed by atoms with Gasteiger partial charge in [0.15, 0.2) is 5.82 Å². The van der Waals surface area contributed by atoms with Crippen molar-refractivity contribution in [1.82, 2.24) is 0 Å². The molecule has 0 unspecified atom stereocenters. The van der Waals surface area contributed by atoms with Gasteiger partial charge >= 0.3 is 5.97 Å². The molecule has 0 amide bonds. The number of benzene rings is 1. The third kappa shape index (κ3) is 1.93. The van der Waals surface area contributed by atoms with Crippen LogP contribution >= 0.6 is 34.2 Å². The maximum absolute atomic E-state index is 13.3. The molecule has 0 aliphatic carbocycles. The number of ether oxygens (including phenoxy) is 1. The summed E-state index contributed by atoms with van der Waals surface area (Å²) in [5.41, 5.74) is 5.08. The summed E-state index contributed by atoms with van der Waals surface area (Å²) in [6.45, 7) is 0. The van der Waals surface area contributed by atoms with Gasteiger partial charge in [-0.05, 0) is 28.7 Å². The van der Waals surface area contributed by atoms with E-state index in [0.29, 0.717) is 0 Å². The van der Waals surface area contributed by atoms with Crippen LogP contribution in [0.25, 0.3) is 0 Å². The summed E-state index contributed by atoms with van der Waals surface area (Å²) in [7, 11) is 1.19. The summed E-state index contributed by atoms with van der Waals surface area (Å²) in [6, 6.07) is 1.29. The molecule has 0 heterocycles. The number of hydrogen-bond acceptors (Lipinski definition) is 3. The van der Waals surface area contributed by atoms with Crippen LogP contribution in [0.3, 0.4) is 0 Å². The standard InChI is InChI=1S/C8H6ClFINO2/c1-14-8(13)3-2-4(9)6(11)5(10)7(3)12/h2H,12H2,1H3. The molecule has 1 aromatic rings. The van der Waals surface area contributed by atoms with Crippen LogP contribution in [0.4, 0.5) is 10.1 Å². The lowest BCUT2D eigenvalue weighted by atomic mass is 10.2. The fourth-order valence-electron chi connectivity index (χ4n) is 0.888. The molecule has 1 aromatic carbocycles. The number of anilines is 1. The molecule has 0 saturated heterocycles. The zero-order valence-electron chi connectivity index (χ0n) is 7.11. The van der Waals surface area contributed by atoms with E-state index in [1.807, 2.05) is 0 Å². The summed E-state index contributed by atoms with van der Waals surface area (Å²) >= 11 is 7.39. The van der Waals surface area contributed by atoms with E-state index in [2.05, 4.69) is 4.74 Å². The summed E-state index contributed by atoms with van der Waals surface area (Å²) in [6.07, 6.45) is 0. The second kappa shape index (κ2) is 4.31. The second-order valence-electron chi connectivity index (χ2n) is 2.44. The monoisotopic (exact) mass is 329 g/mol. The van der Waals surface area contributed by atoms with Crippen molar-refractivity contribution in [3.8, 4) is 0 Å². The number of methoxy groups -OCH3 is 1. The van der Waals surface area contributed by atoms with Crippen molar-refractivity contribution in [1.29, 1.82) is 0 Å². The Labute approximate surface area is 98.5 Å². The molecular weight excluding hydrogens is 323 g/mol. The Kier molecular flexibility index (Phi) is 3.54. The maximum Gasteiger partial charge on any atom is 0.340 e. The first-order chi connectivity index (χ1) is 6.49. The van der Waals surface area contributed by atoms with E-state index < -0.39 is 11.8 Å². The van der Waals surface area contributed by atoms with Crippen molar-refractivity contribution in [3.05, 3.63) is 26.0 Å². The molecule has 0 fully saturated rings. The van der Waals surface area contributed by atoms with Gasteiger partial charge in [-0.1, -0.05) is 11.6 Å². The summed E-state index contributed by atoms with van der Waals surface area (Å²) in [5.74, 6) is -1.40. The van der Waals surface area contributed by atoms with Crippen LogP contribution in [0.1, 0.15) is 10.4 Å². The minimum absolute atomic E-state index is 0.0598. The number of carbonyl (C=O) groups is 1. The fourth-order valence-corrected chi connectivity index (χ4v) is 1.53. The van der Waals surface area contributed by atoms with E-state index >= 15 is 0 Å². The first-order valence-electron chi connectivity index (χ1n) is 3.50. The SMILES string of the molecule is COC(=O)c1cc(Cl)c(I)c(F)c1N. The first-order valence-corrected chi connectivity index (χ1v) is 4.96. The molecule has 2 N–H and O–H groups in total. The molecule has 0 bridgehead atoms. The highest BCUT2D eigenvalue weighted by Gasteiger charge is 2.18. The van der Waals surface area contributed by atoms with Crippen LogP contribution in [0, 0.1) is 9.39 Å². The van der Waals surface area contributed by atoms with Crippen molar-refractivity contribution in [3.63, 3.8) is 0 Å². The van der Waals surface area contributed by atoms with Crippen molar-refractivity contribution in [2.75, 3.05) is 12.8 Å². The molecular formula is C8H6ClFINO2. The van der Waals surface area contributed by atoms with Crippen molar-refractivity contribution < 1.29 is 13.9 Å². The highest BCUT2D eigenvalue weighted by molar-refractivity contribution is 14.1. The van der Waals surface area contributed by atoms with Gasteiger partial charge < -0.3 is 10.5 Å². The lowest BCUT2D eigenvalue weighted by molar-refractivity contribution is 0.0601. The number of nitrogens with two attached hydrogens (primary N) is 1. The number of esters is 1. The number of carbonyl (C=O) groups excluding carboxylic acids is 1. The predicted octanol–water partition coefficient (Wildman–Crippen LogP) is 2.45. The Balaban J connectivity index is 3.40. The Bertz CT molecular complexity index is 397. The van der Waals surface area contributed by atoms with Gasteiger partial charge in [0.25, 0.3) is 0 Å². The minimum atomic E-state index is -0.709. The van der Waals surface area contributed by atoms with Gasteiger partial charge in [-0.25, -0.2) is 9.18 Å². The average molecular weight is 329 g/mol. The lowest BCUT2D eigenvalue weighted by Crippen LogP contribution is -2.08. The molecule has 0 radical (unpaired) electrons. The molecule has 0 atom stereocenters. The van der Waals surface area contributed by atoms with E-state index in [1.165, 1.54) is 13.2 Å². The first kappa shape index (κ1) is 11.5. The molecule has 76 valence electrons. The van der Waals surface area contributed by atoms with Crippen LogP contribution in [0.15, 0.2) is 6.07 Å². The zero-order chi connectivity index (χ0) is 10.9. The number of hydrogen-bond donors (Lipinski definition) is 1. The molecule has 6 heteroatoms. The summed E-state index contributed by atoms with van der Waals surface area (Å²) in [5, 5.41) is 0.137. The van der Waals surface area contributed by atoms with E-state index in [4.69, 9.17) is 17.3 Å². The quantitative estimate of drug-likeness (QED) is 0.373. The number of nitrogen functional groups attached to an aromatic ring is 1. The van der Waals surface area contributed by atoms with Gasteiger partial charge in [0.2, 0.25) is 0 Å². The molecule has 0 aromatic heterocycles. The second-order valence-corrected chi connectivity index (χ2v) is 3.93. The van der Waals surface area contributed by atoms with E-state index in [1.54, 1.807) is 22.6 Å². The molecule has 3 nitrogen and oxygen atoms in total. The normalized spacial score (nSPS) is 10.0. The Morgan fingerprint density at radius 1 is 1.71 bits per heavy atom. The molecule has 0 saturated carbocycles. The third-order valence-electron chi connectivity index (χ3n) is 1.61. The zero-order valence-corrected chi connectivity index (χ0v) is 10.0. The van der Waals surface area contributed by atoms with Crippen LogP contribution < -0.4 is 5.73 Å². The van der Waals surface area contributed by atoms with Gasteiger partial charge in [0, 0.05) is 0 Å². The Morgan fingerprint density at radius 3 is 2.79 bits per heavy atom. The minimum Gasteiger partial charge on any atom is -0.465 e. The maximum atomic E-state index is 13.3. The fraction of sp³-hybridized carbons (Fsp3) is 0.125. The topological polar surface area (TPSA) is 52.3 Å². The number of halogens is 3. The average Bonchev–Trinajstić information content (AvgIpc) is 2.19. The summed E-state index contributed by atoms with van der Waals surface area (Å²) < 4.78 is 17.9. The van der Waals surface area contributed by atoms with Gasteiger partial charge in [0.05, 0.1) is 27.0 Å². The molecule has 0 aliphatic rings. The van der Waals surface area contributed by atoms with Crippen LogP contribution in [-0.2, 0) is 4.74 Å². The molecule has 1 rings (SSSR count). The van der Waals surface area contributed by atoms with Crippen LogP contribution in [0.2, 0.25) is 5.02 Å². The van der Waals surface area contributed by atoms with Crippen LogP contribution in [0.5, 0.6) is 0 Å². The third-order valence-corrected chi connectivity index (χ3v) is 3.28. The van der Waals surface area contributed by atoms with Crippen molar-refractivity contribution in [2.24, 2.45) is 0 Å². The highest BCUT2D eigenvalue weighted by Crippen LogP contribution is 2.29.